The maximum absolute atomic E-state index is 12.4. The number of nitriles is 1. The van der Waals surface area contributed by atoms with Crippen molar-refractivity contribution in [3.63, 3.8) is 0 Å². The second-order valence-corrected chi connectivity index (χ2v) is 9.18. The van der Waals surface area contributed by atoms with Gasteiger partial charge in [-0.25, -0.2) is 9.50 Å². The number of piperazine rings is 1. The van der Waals surface area contributed by atoms with Gasteiger partial charge in [-0.05, 0) is 30.5 Å². The molecule has 0 atom stereocenters. The normalized spacial score (nSPS) is 13.9. The molecule has 0 spiro atoms. The number of nitrogens with zero attached hydrogens (tertiary/aromatic N) is 6. The lowest BCUT2D eigenvalue weighted by Gasteiger charge is -2.35. The largest absolute Gasteiger partial charge is 0.492 e. The number of anilines is 1. The minimum absolute atomic E-state index is 0.0567. The molecule has 1 saturated heterocycles. The third-order valence-corrected chi connectivity index (χ3v) is 6.23. The Morgan fingerprint density at radius 1 is 1.23 bits per heavy atom. The van der Waals surface area contributed by atoms with Gasteiger partial charge in [0.05, 0.1) is 30.1 Å². The van der Waals surface area contributed by atoms with Gasteiger partial charge in [-0.1, -0.05) is 13.8 Å². The van der Waals surface area contributed by atoms with Crippen LogP contribution in [0.3, 0.4) is 0 Å². The van der Waals surface area contributed by atoms with Crippen LogP contribution in [0, 0.1) is 17.2 Å². The van der Waals surface area contributed by atoms with Crippen LogP contribution in [0.2, 0.25) is 0 Å². The summed E-state index contributed by atoms with van der Waals surface area (Å²) in [5, 5.41) is 22.9. The zero-order valence-electron chi connectivity index (χ0n) is 20.4. The third kappa shape index (κ3) is 5.72. The van der Waals surface area contributed by atoms with Crippen LogP contribution in [-0.4, -0.2) is 69.9 Å². The van der Waals surface area contributed by atoms with Crippen molar-refractivity contribution in [1.82, 2.24) is 19.5 Å². The minimum Gasteiger partial charge on any atom is -0.492 e. The van der Waals surface area contributed by atoms with Crippen LogP contribution in [0.25, 0.3) is 16.6 Å². The first-order valence-electron chi connectivity index (χ1n) is 12.1. The highest BCUT2D eigenvalue weighted by Crippen LogP contribution is 2.31. The van der Waals surface area contributed by atoms with Crippen molar-refractivity contribution < 1.29 is 14.6 Å². The zero-order chi connectivity index (χ0) is 24.8. The van der Waals surface area contributed by atoms with Crippen LogP contribution >= 0.6 is 0 Å². The van der Waals surface area contributed by atoms with Crippen LogP contribution in [0.1, 0.15) is 38.7 Å². The molecule has 3 aromatic rings. The molecule has 0 unspecified atom stereocenters. The summed E-state index contributed by atoms with van der Waals surface area (Å²) in [5.74, 6) is 2.24. The molecular weight excluding hydrogens is 444 g/mol. The Hall–Kier alpha value is -3.64. The molecule has 0 radical (unpaired) electrons. The maximum Gasteiger partial charge on any atom is 0.222 e. The van der Waals surface area contributed by atoms with Crippen molar-refractivity contribution in [3.05, 3.63) is 42.4 Å². The summed E-state index contributed by atoms with van der Waals surface area (Å²) in [5.41, 5.74) is 2.83. The third-order valence-electron chi connectivity index (χ3n) is 6.23. The molecule has 0 aromatic carbocycles. The molecular formula is C26H32N6O3. The Labute approximate surface area is 205 Å². The molecule has 0 bridgehead atoms. The molecule has 0 saturated carbocycles. The Morgan fingerprint density at radius 3 is 2.69 bits per heavy atom. The van der Waals surface area contributed by atoms with Crippen molar-refractivity contribution in [3.8, 4) is 22.9 Å². The molecule has 1 fully saturated rings. The zero-order valence-corrected chi connectivity index (χ0v) is 20.4. The number of aromatic nitrogens is 3. The Bertz CT molecular complexity index is 1190. The first-order chi connectivity index (χ1) is 17.0. The number of aliphatic hydroxyl groups excluding tert-OH is 1. The summed E-state index contributed by atoms with van der Waals surface area (Å²) < 4.78 is 7.42. The number of ether oxygens (including phenoxy) is 1. The molecule has 4 heterocycles. The average molecular weight is 477 g/mol. The highest BCUT2D eigenvalue weighted by atomic mass is 16.5. The monoisotopic (exact) mass is 476 g/mol. The number of carbonyl (C=O) groups is 1. The quantitative estimate of drug-likeness (QED) is 0.473. The summed E-state index contributed by atoms with van der Waals surface area (Å²) in [7, 11) is 0. The van der Waals surface area contributed by atoms with Gasteiger partial charge >= 0.3 is 0 Å². The number of pyridine rings is 2. The molecule has 1 aliphatic rings. The lowest BCUT2D eigenvalue weighted by atomic mass is 10.1. The summed E-state index contributed by atoms with van der Waals surface area (Å²) in [4.78, 5) is 21.3. The van der Waals surface area contributed by atoms with Crippen molar-refractivity contribution in [2.45, 2.75) is 33.1 Å². The van der Waals surface area contributed by atoms with E-state index >= 15 is 0 Å². The van der Waals surface area contributed by atoms with Gasteiger partial charge < -0.3 is 19.6 Å². The Morgan fingerprint density at radius 2 is 2.03 bits per heavy atom. The van der Waals surface area contributed by atoms with Gasteiger partial charge in [0.25, 0.3) is 0 Å². The molecule has 1 N–H and O–H groups in total. The summed E-state index contributed by atoms with van der Waals surface area (Å²) in [6.07, 6.45) is 7.15. The minimum atomic E-state index is 0.0567. The highest BCUT2D eigenvalue weighted by Gasteiger charge is 2.22. The molecule has 1 aliphatic heterocycles. The van der Waals surface area contributed by atoms with Gasteiger partial charge in [0.1, 0.15) is 17.6 Å². The van der Waals surface area contributed by atoms with Gasteiger partial charge in [-0.2, -0.15) is 10.4 Å². The van der Waals surface area contributed by atoms with Crippen molar-refractivity contribution >= 4 is 17.2 Å². The van der Waals surface area contributed by atoms with Crippen molar-refractivity contribution in [1.29, 1.82) is 5.26 Å². The molecule has 9 heteroatoms. The molecule has 184 valence electrons. The number of rotatable bonds is 9. The Kier molecular flexibility index (Phi) is 7.83. The first-order valence-corrected chi connectivity index (χ1v) is 12.1. The average Bonchev–Trinajstić information content (AvgIpc) is 3.30. The van der Waals surface area contributed by atoms with Gasteiger partial charge in [-0.15, -0.1) is 0 Å². The van der Waals surface area contributed by atoms with E-state index in [9.17, 15) is 10.1 Å². The number of fused-ring (bicyclic) bond motifs is 1. The number of hydrogen-bond donors (Lipinski definition) is 1. The fourth-order valence-electron chi connectivity index (χ4n) is 4.22. The van der Waals surface area contributed by atoms with E-state index in [4.69, 9.17) is 14.8 Å². The fourth-order valence-corrected chi connectivity index (χ4v) is 4.22. The molecule has 35 heavy (non-hydrogen) atoms. The van der Waals surface area contributed by atoms with E-state index < -0.39 is 0 Å². The highest BCUT2D eigenvalue weighted by molar-refractivity contribution is 5.85. The van der Waals surface area contributed by atoms with Gasteiger partial charge in [0.2, 0.25) is 5.91 Å². The molecule has 3 aromatic heterocycles. The predicted molar refractivity (Wildman–Crippen MR) is 133 cm³/mol. The second kappa shape index (κ2) is 11.2. The lowest BCUT2D eigenvalue weighted by Crippen LogP contribution is -2.49. The maximum atomic E-state index is 12.4. The molecule has 1 amide bonds. The number of aliphatic hydroxyl groups is 1. The van der Waals surface area contributed by atoms with Gasteiger partial charge in [0, 0.05) is 63.0 Å². The first kappa shape index (κ1) is 24.5. The van der Waals surface area contributed by atoms with E-state index in [1.165, 1.54) is 0 Å². The fraction of sp³-hybridized carbons (Fsp3) is 0.462. The lowest BCUT2D eigenvalue weighted by molar-refractivity contribution is -0.131. The number of hydrogen-bond acceptors (Lipinski definition) is 7. The van der Waals surface area contributed by atoms with E-state index in [0.29, 0.717) is 55.3 Å². The van der Waals surface area contributed by atoms with E-state index in [1.807, 2.05) is 23.1 Å². The molecule has 4 rings (SSSR count). The van der Waals surface area contributed by atoms with E-state index in [0.717, 1.165) is 36.5 Å². The summed E-state index contributed by atoms with van der Waals surface area (Å²) >= 11 is 0. The topological polar surface area (TPSA) is 107 Å². The predicted octanol–water partition coefficient (Wildman–Crippen LogP) is 3.11. The SMILES string of the molecule is CC(C)CCC(=O)N1CCN(c2ccc(-c3cc(OCCCO)cn4ncc(C#N)c34)cn2)CC1. The Balaban J connectivity index is 1.50. The van der Waals surface area contributed by atoms with E-state index in [-0.39, 0.29) is 12.5 Å². The van der Waals surface area contributed by atoms with E-state index in [1.54, 1.807) is 23.1 Å². The van der Waals surface area contributed by atoms with Crippen LogP contribution < -0.4 is 9.64 Å². The van der Waals surface area contributed by atoms with Crippen LogP contribution in [-0.2, 0) is 4.79 Å². The molecule has 0 aliphatic carbocycles. The summed E-state index contributed by atoms with van der Waals surface area (Å²) in [6.45, 7) is 7.63. The summed E-state index contributed by atoms with van der Waals surface area (Å²) in [6, 6.07) is 8.05. The number of carbonyl (C=O) groups excluding carboxylic acids is 1. The standard InChI is InChI=1S/C26H32N6O3/c1-19(2)4-7-25(34)31-10-8-30(9-11-31)24-6-5-20(16-28-24)23-14-22(35-13-3-12-33)18-32-26(23)21(15-27)17-29-32/h5-6,14,16-19,33H,3-4,7-13H2,1-2H3. The van der Waals surface area contributed by atoms with Crippen LogP contribution in [0.15, 0.2) is 36.8 Å². The van der Waals surface area contributed by atoms with Crippen LogP contribution in [0.4, 0.5) is 5.82 Å². The number of amides is 1. The smallest absolute Gasteiger partial charge is 0.222 e. The van der Waals surface area contributed by atoms with Crippen LogP contribution in [0.5, 0.6) is 5.75 Å². The molecule has 9 nitrogen and oxygen atoms in total. The second-order valence-electron chi connectivity index (χ2n) is 9.18. The van der Waals surface area contributed by atoms with Gasteiger partial charge in [-0.3, -0.25) is 4.79 Å². The van der Waals surface area contributed by atoms with Gasteiger partial charge in [0.15, 0.2) is 0 Å². The van der Waals surface area contributed by atoms with Crippen molar-refractivity contribution in [2.75, 3.05) is 44.3 Å². The van der Waals surface area contributed by atoms with E-state index in [2.05, 4.69) is 29.9 Å². The van der Waals surface area contributed by atoms with Crippen molar-refractivity contribution in [2.24, 2.45) is 5.92 Å².